The zero-order valence-corrected chi connectivity index (χ0v) is 15.4. The van der Waals surface area contributed by atoms with Crippen LogP contribution in [0.5, 0.6) is 0 Å². The van der Waals surface area contributed by atoms with Gasteiger partial charge in [0.2, 0.25) is 5.95 Å². The number of anilines is 4. The van der Waals surface area contributed by atoms with Gasteiger partial charge in [-0.1, -0.05) is 23.7 Å². The van der Waals surface area contributed by atoms with Crippen molar-refractivity contribution in [2.45, 2.75) is 0 Å². The molecule has 0 aliphatic carbocycles. The minimum absolute atomic E-state index is 0.115. The van der Waals surface area contributed by atoms with Gasteiger partial charge in [0.25, 0.3) is 0 Å². The Hall–Kier alpha value is -3.65. The largest absolute Gasteiger partial charge is 0.478 e. The van der Waals surface area contributed by atoms with E-state index in [0.29, 0.717) is 27.8 Å². The maximum absolute atomic E-state index is 11.7. The van der Waals surface area contributed by atoms with E-state index in [9.17, 15) is 14.7 Å². The van der Waals surface area contributed by atoms with Crippen molar-refractivity contribution in [2.24, 2.45) is 0 Å². The number of carboxylic acid groups (broad SMARTS) is 1. The van der Waals surface area contributed by atoms with Crippen LogP contribution in [0.3, 0.4) is 0 Å². The molecule has 0 bridgehead atoms. The van der Waals surface area contributed by atoms with Crippen LogP contribution in [0.2, 0.25) is 5.02 Å². The molecule has 0 aliphatic heterocycles. The van der Waals surface area contributed by atoms with Crippen LogP contribution in [0.15, 0.2) is 54.7 Å². The monoisotopic (exact) mass is 398 g/mol. The molecule has 28 heavy (non-hydrogen) atoms. The number of carbonyl (C=O) groups excluding carboxylic acids is 1. The molecule has 142 valence electrons. The van der Waals surface area contributed by atoms with Crippen molar-refractivity contribution < 1.29 is 19.4 Å². The number of aromatic nitrogens is 2. The SMILES string of the molecule is COC(=O)c1ccc(Cl)c(Nc2nccc(Nc3ccccc3C(=O)O)n2)c1. The van der Waals surface area contributed by atoms with E-state index in [4.69, 9.17) is 16.3 Å². The molecular weight excluding hydrogens is 384 g/mol. The highest BCUT2D eigenvalue weighted by Crippen LogP contribution is 2.26. The number of nitrogens with one attached hydrogen (secondary N) is 2. The van der Waals surface area contributed by atoms with E-state index in [1.54, 1.807) is 36.4 Å². The zero-order valence-electron chi connectivity index (χ0n) is 14.6. The van der Waals surface area contributed by atoms with Crippen molar-refractivity contribution in [2.75, 3.05) is 17.7 Å². The van der Waals surface area contributed by atoms with Crippen LogP contribution in [0.4, 0.5) is 23.1 Å². The van der Waals surface area contributed by atoms with E-state index in [0.717, 1.165) is 0 Å². The predicted octanol–water partition coefficient (Wildman–Crippen LogP) is 4.10. The lowest BCUT2D eigenvalue weighted by Crippen LogP contribution is -2.05. The zero-order chi connectivity index (χ0) is 20.1. The lowest BCUT2D eigenvalue weighted by molar-refractivity contribution is 0.0600. The molecule has 0 radical (unpaired) electrons. The van der Waals surface area contributed by atoms with Crippen LogP contribution in [0.1, 0.15) is 20.7 Å². The summed E-state index contributed by atoms with van der Waals surface area (Å²) in [6.07, 6.45) is 1.50. The molecule has 0 fully saturated rings. The summed E-state index contributed by atoms with van der Waals surface area (Å²) in [5, 5.41) is 15.5. The summed E-state index contributed by atoms with van der Waals surface area (Å²) >= 11 is 6.17. The lowest BCUT2D eigenvalue weighted by atomic mass is 10.2. The first-order chi connectivity index (χ1) is 13.5. The number of rotatable bonds is 6. The average molecular weight is 399 g/mol. The molecule has 0 aliphatic rings. The molecule has 0 saturated carbocycles. The van der Waals surface area contributed by atoms with Gasteiger partial charge >= 0.3 is 11.9 Å². The fraction of sp³-hybridized carbons (Fsp3) is 0.0526. The van der Waals surface area contributed by atoms with Gasteiger partial charge in [-0.15, -0.1) is 0 Å². The van der Waals surface area contributed by atoms with Gasteiger partial charge in [0.05, 0.1) is 34.6 Å². The van der Waals surface area contributed by atoms with Crippen molar-refractivity contribution in [1.29, 1.82) is 0 Å². The molecule has 2 aromatic carbocycles. The summed E-state index contributed by atoms with van der Waals surface area (Å²) in [5.41, 5.74) is 1.25. The molecule has 0 spiro atoms. The van der Waals surface area contributed by atoms with Gasteiger partial charge in [0, 0.05) is 6.20 Å². The minimum atomic E-state index is -1.05. The van der Waals surface area contributed by atoms with Gasteiger partial charge in [-0.2, -0.15) is 4.98 Å². The standard InChI is InChI=1S/C19H15ClN4O4/c1-28-18(27)11-6-7-13(20)15(10-11)23-19-21-9-8-16(24-19)22-14-5-3-2-4-12(14)17(25)26/h2-10H,1H3,(H,25,26)(H2,21,22,23,24). The van der Waals surface area contributed by atoms with Gasteiger partial charge < -0.3 is 20.5 Å². The van der Waals surface area contributed by atoms with Gasteiger partial charge in [-0.25, -0.2) is 14.6 Å². The summed E-state index contributed by atoms with van der Waals surface area (Å²) < 4.78 is 4.70. The molecule has 8 nitrogen and oxygen atoms in total. The molecule has 0 saturated heterocycles. The normalized spacial score (nSPS) is 10.2. The van der Waals surface area contributed by atoms with E-state index in [1.165, 1.54) is 25.4 Å². The number of nitrogens with zero attached hydrogens (tertiary/aromatic N) is 2. The van der Waals surface area contributed by atoms with Crippen molar-refractivity contribution in [3.8, 4) is 0 Å². The molecule has 3 aromatic rings. The Morgan fingerprint density at radius 1 is 1.07 bits per heavy atom. The molecule has 1 heterocycles. The topological polar surface area (TPSA) is 113 Å². The summed E-state index contributed by atoms with van der Waals surface area (Å²) in [4.78, 5) is 31.4. The average Bonchev–Trinajstić information content (AvgIpc) is 2.69. The number of ether oxygens (including phenoxy) is 1. The van der Waals surface area contributed by atoms with Crippen LogP contribution in [0, 0.1) is 0 Å². The van der Waals surface area contributed by atoms with Crippen LogP contribution in [0.25, 0.3) is 0 Å². The molecule has 3 rings (SSSR count). The second kappa shape index (κ2) is 8.36. The number of para-hydroxylation sites is 1. The number of hydrogen-bond donors (Lipinski definition) is 3. The number of carboxylic acids is 1. The Morgan fingerprint density at radius 2 is 1.86 bits per heavy atom. The number of benzene rings is 2. The fourth-order valence-corrected chi connectivity index (χ4v) is 2.56. The number of methoxy groups -OCH3 is 1. The molecule has 0 atom stereocenters. The smallest absolute Gasteiger partial charge is 0.337 e. The molecule has 0 unspecified atom stereocenters. The number of hydrogen-bond acceptors (Lipinski definition) is 7. The van der Waals surface area contributed by atoms with Crippen molar-refractivity contribution >= 4 is 46.7 Å². The summed E-state index contributed by atoms with van der Waals surface area (Å²) in [7, 11) is 1.29. The van der Waals surface area contributed by atoms with Crippen molar-refractivity contribution in [3.63, 3.8) is 0 Å². The summed E-state index contributed by atoms with van der Waals surface area (Å²) in [6.45, 7) is 0. The highest BCUT2D eigenvalue weighted by Gasteiger charge is 2.12. The molecule has 0 amide bonds. The maximum Gasteiger partial charge on any atom is 0.337 e. The van der Waals surface area contributed by atoms with E-state index >= 15 is 0 Å². The third-order valence-electron chi connectivity index (χ3n) is 3.71. The quantitative estimate of drug-likeness (QED) is 0.532. The van der Waals surface area contributed by atoms with Crippen molar-refractivity contribution in [3.05, 3.63) is 70.9 Å². The second-order valence-corrected chi connectivity index (χ2v) is 5.96. The summed E-state index contributed by atoms with van der Waals surface area (Å²) in [6, 6.07) is 12.7. The molecular formula is C19H15ClN4O4. The van der Waals surface area contributed by atoms with Crippen LogP contribution in [-0.4, -0.2) is 34.1 Å². The first-order valence-corrected chi connectivity index (χ1v) is 8.43. The number of aromatic carboxylic acids is 1. The van der Waals surface area contributed by atoms with Gasteiger partial charge in [-0.05, 0) is 36.4 Å². The Balaban J connectivity index is 1.85. The van der Waals surface area contributed by atoms with Crippen LogP contribution >= 0.6 is 11.6 Å². The summed E-state index contributed by atoms with van der Waals surface area (Å²) in [5.74, 6) is -0.962. The molecule has 1 aromatic heterocycles. The predicted molar refractivity (Wildman–Crippen MR) is 105 cm³/mol. The Morgan fingerprint density at radius 3 is 2.61 bits per heavy atom. The second-order valence-electron chi connectivity index (χ2n) is 5.55. The third-order valence-corrected chi connectivity index (χ3v) is 4.04. The van der Waals surface area contributed by atoms with E-state index in [2.05, 4.69) is 20.6 Å². The van der Waals surface area contributed by atoms with E-state index in [-0.39, 0.29) is 11.5 Å². The van der Waals surface area contributed by atoms with E-state index < -0.39 is 11.9 Å². The Bertz CT molecular complexity index is 1040. The fourth-order valence-electron chi connectivity index (χ4n) is 2.39. The highest BCUT2D eigenvalue weighted by atomic mass is 35.5. The van der Waals surface area contributed by atoms with Crippen LogP contribution < -0.4 is 10.6 Å². The number of carbonyl (C=O) groups is 2. The first kappa shape index (κ1) is 19.1. The van der Waals surface area contributed by atoms with Crippen molar-refractivity contribution in [1.82, 2.24) is 9.97 Å². The number of halogens is 1. The maximum atomic E-state index is 11.7. The highest BCUT2D eigenvalue weighted by molar-refractivity contribution is 6.33. The van der Waals surface area contributed by atoms with Crippen LogP contribution in [-0.2, 0) is 4.74 Å². The molecule has 9 heteroatoms. The lowest BCUT2D eigenvalue weighted by Gasteiger charge is -2.11. The van der Waals surface area contributed by atoms with E-state index in [1.807, 2.05) is 0 Å². The number of esters is 1. The molecule has 3 N–H and O–H groups in total. The van der Waals surface area contributed by atoms with Gasteiger partial charge in [0.1, 0.15) is 5.82 Å². The van der Waals surface area contributed by atoms with Gasteiger partial charge in [0.15, 0.2) is 0 Å². The first-order valence-electron chi connectivity index (χ1n) is 8.05. The Kier molecular flexibility index (Phi) is 5.71. The Labute approximate surface area is 165 Å². The minimum Gasteiger partial charge on any atom is -0.478 e. The van der Waals surface area contributed by atoms with Gasteiger partial charge in [-0.3, -0.25) is 0 Å². The third kappa shape index (κ3) is 4.36.